The Kier molecular flexibility index (Phi) is 3.96. The molecule has 1 aromatic heterocycles. The standard InChI is InChI=1S/C14H14N2OS/c1-3-6-11-13(9-15)18-14(16-11)10-7-4-5-8-12(10)17-2/h4-5,7-8H,3,6H2,1-2H3. The summed E-state index contributed by atoms with van der Waals surface area (Å²) in [6.45, 7) is 2.09. The Labute approximate surface area is 111 Å². The number of rotatable bonds is 4. The highest BCUT2D eigenvalue weighted by atomic mass is 32.1. The van der Waals surface area contributed by atoms with Crippen molar-refractivity contribution in [2.24, 2.45) is 0 Å². The van der Waals surface area contributed by atoms with Crippen LogP contribution in [0.4, 0.5) is 0 Å². The molecule has 0 N–H and O–H groups in total. The van der Waals surface area contributed by atoms with Crippen LogP contribution in [0.15, 0.2) is 24.3 Å². The maximum absolute atomic E-state index is 9.12. The fourth-order valence-electron chi connectivity index (χ4n) is 1.78. The predicted molar refractivity (Wildman–Crippen MR) is 72.8 cm³/mol. The first kappa shape index (κ1) is 12.6. The maximum atomic E-state index is 9.12. The van der Waals surface area contributed by atoms with Crippen LogP contribution in [0.1, 0.15) is 23.9 Å². The maximum Gasteiger partial charge on any atom is 0.129 e. The largest absolute Gasteiger partial charge is 0.496 e. The molecular formula is C14H14N2OS. The zero-order valence-corrected chi connectivity index (χ0v) is 11.3. The Hall–Kier alpha value is -1.86. The van der Waals surface area contributed by atoms with Crippen LogP contribution in [0, 0.1) is 11.3 Å². The minimum atomic E-state index is 0.706. The summed E-state index contributed by atoms with van der Waals surface area (Å²) >= 11 is 1.43. The molecule has 3 nitrogen and oxygen atoms in total. The van der Waals surface area contributed by atoms with E-state index in [9.17, 15) is 0 Å². The quantitative estimate of drug-likeness (QED) is 0.841. The van der Waals surface area contributed by atoms with Gasteiger partial charge in [-0.15, -0.1) is 11.3 Å². The SMILES string of the molecule is CCCc1nc(-c2ccccc2OC)sc1C#N. The first-order valence-electron chi connectivity index (χ1n) is 5.83. The molecule has 0 spiro atoms. The van der Waals surface area contributed by atoms with E-state index in [-0.39, 0.29) is 0 Å². The smallest absolute Gasteiger partial charge is 0.129 e. The predicted octanol–water partition coefficient (Wildman–Crippen LogP) is 3.64. The Balaban J connectivity index is 2.48. The van der Waals surface area contributed by atoms with Crippen LogP contribution in [0.5, 0.6) is 5.75 Å². The van der Waals surface area contributed by atoms with Gasteiger partial charge in [-0.1, -0.05) is 25.5 Å². The molecule has 0 saturated carbocycles. The summed E-state index contributed by atoms with van der Waals surface area (Å²) in [5, 5.41) is 9.98. The van der Waals surface area contributed by atoms with Crippen LogP contribution in [0.25, 0.3) is 10.6 Å². The third-order valence-electron chi connectivity index (χ3n) is 2.62. The summed E-state index contributed by atoms with van der Waals surface area (Å²) in [5.74, 6) is 0.791. The Morgan fingerprint density at radius 3 is 2.83 bits per heavy atom. The van der Waals surface area contributed by atoms with Crippen molar-refractivity contribution in [3.05, 3.63) is 34.8 Å². The summed E-state index contributed by atoms with van der Waals surface area (Å²) in [6, 6.07) is 9.97. The monoisotopic (exact) mass is 258 g/mol. The van der Waals surface area contributed by atoms with Crippen molar-refractivity contribution in [2.75, 3.05) is 7.11 Å². The number of methoxy groups -OCH3 is 1. The fraction of sp³-hybridized carbons (Fsp3) is 0.286. The van der Waals surface area contributed by atoms with Crippen LogP contribution in [-0.4, -0.2) is 12.1 Å². The van der Waals surface area contributed by atoms with Gasteiger partial charge in [0, 0.05) is 0 Å². The molecule has 0 atom stereocenters. The van der Waals surface area contributed by atoms with Gasteiger partial charge < -0.3 is 4.74 Å². The Bertz CT molecular complexity index is 584. The van der Waals surface area contributed by atoms with Gasteiger partial charge in [0.2, 0.25) is 0 Å². The van der Waals surface area contributed by atoms with Gasteiger partial charge in [-0.05, 0) is 18.6 Å². The molecule has 0 unspecified atom stereocenters. The van der Waals surface area contributed by atoms with Crippen molar-refractivity contribution in [1.82, 2.24) is 4.98 Å². The molecule has 0 aliphatic carbocycles. The third kappa shape index (κ3) is 2.36. The minimum absolute atomic E-state index is 0.706. The van der Waals surface area contributed by atoms with E-state index in [0.29, 0.717) is 4.88 Å². The van der Waals surface area contributed by atoms with E-state index in [0.717, 1.165) is 34.9 Å². The second-order valence-corrected chi connectivity index (χ2v) is 4.86. The molecule has 2 aromatic rings. The van der Waals surface area contributed by atoms with E-state index < -0.39 is 0 Å². The fourth-order valence-corrected chi connectivity index (χ4v) is 2.72. The summed E-state index contributed by atoms with van der Waals surface area (Å²) in [7, 11) is 1.64. The number of para-hydroxylation sites is 1. The second kappa shape index (κ2) is 5.65. The number of nitriles is 1. The highest BCUT2D eigenvalue weighted by Crippen LogP contribution is 2.34. The molecule has 4 heteroatoms. The normalized spacial score (nSPS) is 10.1. The van der Waals surface area contributed by atoms with Gasteiger partial charge in [0.15, 0.2) is 0 Å². The molecule has 1 aromatic carbocycles. The van der Waals surface area contributed by atoms with Crippen LogP contribution in [0.2, 0.25) is 0 Å². The second-order valence-electron chi connectivity index (χ2n) is 3.86. The molecule has 0 aliphatic rings. The number of nitrogens with zero attached hydrogens (tertiary/aromatic N) is 2. The number of aromatic nitrogens is 1. The lowest BCUT2D eigenvalue weighted by Crippen LogP contribution is -1.89. The van der Waals surface area contributed by atoms with Crippen LogP contribution in [-0.2, 0) is 6.42 Å². The van der Waals surface area contributed by atoms with Crippen LogP contribution in [0.3, 0.4) is 0 Å². The molecule has 1 heterocycles. The highest BCUT2D eigenvalue weighted by Gasteiger charge is 2.14. The minimum Gasteiger partial charge on any atom is -0.496 e. The van der Waals surface area contributed by atoms with Crippen molar-refractivity contribution < 1.29 is 4.74 Å². The Morgan fingerprint density at radius 1 is 1.39 bits per heavy atom. The molecule has 0 saturated heterocycles. The van der Waals surface area contributed by atoms with Crippen molar-refractivity contribution in [1.29, 1.82) is 5.26 Å². The van der Waals surface area contributed by atoms with E-state index in [1.54, 1.807) is 7.11 Å². The number of aryl methyl sites for hydroxylation is 1. The van der Waals surface area contributed by atoms with E-state index in [4.69, 9.17) is 10.00 Å². The topological polar surface area (TPSA) is 45.9 Å². The van der Waals surface area contributed by atoms with Gasteiger partial charge >= 0.3 is 0 Å². The van der Waals surface area contributed by atoms with Crippen molar-refractivity contribution in [3.8, 4) is 22.4 Å². The van der Waals surface area contributed by atoms with E-state index in [1.165, 1.54) is 11.3 Å². The van der Waals surface area contributed by atoms with Crippen LogP contribution < -0.4 is 4.74 Å². The average Bonchev–Trinajstić information content (AvgIpc) is 2.82. The summed E-state index contributed by atoms with van der Waals surface area (Å²) in [5.41, 5.74) is 1.84. The van der Waals surface area contributed by atoms with Gasteiger partial charge in [0.1, 0.15) is 21.7 Å². The van der Waals surface area contributed by atoms with Crippen LogP contribution >= 0.6 is 11.3 Å². The van der Waals surface area contributed by atoms with E-state index in [1.807, 2.05) is 24.3 Å². The van der Waals surface area contributed by atoms with Gasteiger partial charge in [-0.3, -0.25) is 0 Å². The van der Waals surface area contributed by atoms with Gasteiger partial charge in [-0.25, -0.2) is 4.98 Å². The zero-order valence-electron chi connectivity index (χ0n) is 10.4. The summed E-state index contributed by atoms with van der Waals surface area (Å²) in [4.78, 5) is 5.27. The van der Waals surface area contributed by atoms with Gasteiger partial charge in [0.05, 0.1) is 18.4 Å². The first-order valence-corrected chi connectivity index (χ1v) is 6.65. The van der Waals surface area contributed by atoms with E-state index in [2.05, 4.69) is 18.0 Å². The molecule has 0 aliphatic heterocycles. The Morgan fingerprint density at radius 2 is 2.17 bits per heavy atom. The first-order chi connectivity index (χ1) is 8.80. The van der Waals surface area contributed by atoms with Crippen molar-refractivity contribution in [3.63, 3.8) is 0 Å². The molecule has 0 bridgehead atoms. The number of benzene rings is 1. The number of hydrogen-bond acceptors (Lipinski definition) is 4. The summed E-state index contributed by atoms with van der Waals surface area (Å²) in [6.07, 6.45) is 1.83. The third-order valence-corrected chi connectivity index (χ3v) is 3.66. The molecule has 0 fully saturated rings. The molecule has 2 rings (SSSR count). The highest BCUT2D eigenvalue weighted by molar-refractivity contribution is 7.15. The lowest BCUT2D eigenvalue weighted by atomic mass is 10.2. The van der Waals surface area contributed by atoms with Crippen molar-refractivity contribution in [2.45, 2.75) is 19.8 Å². The van der Waals surface area contributed by atoms with E-state index >= 15 is 0 Å². The molecule has 92 valence electrons. The number of ether oxygens (including phenoxy) is 1. The zero-order chi connectivity index (χ0) is 13.0. The van der Waals surface area contributed by atoms with Crippen molar-refractivity contribution >= 4 is 11.3 Å². The molecular weight excluding hydrogens is 244 g/mol. The molecule has 18 heavy (non-hydrogen) atoms. The lowest BCUT2D eigenvalue weighted by Gasteiger charge is -2.04. The average molecular weight is 258 g/mol. The van der Waals surface area contributed by atoms with Gasteiger partial charge in [0.25, 0.3) is 0 Å². The lowest BCUT2D eigenvalue weighted by molar-refractivity contribution is 0.416. The molecule has 0 amide bonds. The number of thiazole rings is 1. The number of hydrogen-bond donors (Lipinski definition) is 0. The van der Waals surface area contributed by atoms with Gasteiger partial charge in [-0.2, -0.15) is 5.26 Å². The summed E-state index contributed by atoms with van der Waals surface area (Å²) < 4.78 is 5.33. The molecule has 0 radical (unpaired) electrons.